The van der Waals surface area contributed by atoms with Crippen molar-refractivity contribution in [1.82, 2.24) is 10.2 Å². The minimum absolute atomic E-state index is 0. The summed E-state index contributed by atoms with van der Waals surface area (Å²) in [5, 5.41) is 3.00. The second kappa shape index (κ2) is 7.81. The molecular formula is C17H27ClN2O. The third kappa shape index (κ3) is 5.33. The summed E-state index contributed by atoms with van der Waals surface area (Å²) in [4.78, 5) is 14.5. The number of benzene rings is 1. The molecule has 3 nitrogen and oxygen atoms in total. The van der Waals surface area contributed by atoms with E-state index in [1.807, 2.05) is 12.1 Å². The van der Waals surface area contributed by atoms with E-state index in [2.05, 4.69) is 43.1 Å². The zero-order valence-corrected chi connectivity index (χ0v) is 14.1. The van der Waals surface area contributed by atoms with Crippen molar-refractivity contribution in [3.63, 3.8) is 0 Å². The van der Waals surface area contributed by atoms with Gasteiger partial charge in [-0.1, -0.05) is 32.9 Å². The second-order valence-electron chi connectivity index (χ2n) is 6.63. The molecule has 0 aliphatic carbocycles. The van der Waals surface area contributed by atoms with E-state index in [-0.39, 0.29) is 23.7 Å². The second-order valence-corrected chi connectivity index (χ2v) is 6.63. The Morgan fingerprint density at radius 3 is 2.24 bits per heavy atom. The number of nitrogens with zero attached hydrogens (tertiary/aromatic N) is 1. The van der Waals surface area contributed by atoms with Crippen LogP contribution in [0.15, 0.2) is 24.3 Å². The molecule has 0 spiro atoms. The van der Waals surface area contributed by atoms with E-state index in [0.717, 1.165) is 18.7 Å². The van der Waals surface area contributed by atoms with Gasteiger partial charge in [0.25, 0.3) is 5.91 Å². The van der Waals surface area contributed by atoms with Crippen molar-refractivity contribution in [2.45, 2.75) is 39.0 Å². The highest BCUT2D eigenvalue weighted by atomic mass is 35.5. The summed E-state index contributed by atoms with van der Waals surface area (Å²) in [5.74, 6) is 0.0321. The Bertz CT molecular complexity index is 445. The molecule has 1 aromatic carbocycles. The molecule has 0 aromatic heterocycles. The number of hydrogen-bond donors (Lipinski definition) is 1. The number of carbonyl (C=O) groups is 1. The monoisotopic (exact) mass is 310 g/mol. The van der Waals surface area contributed by atoms with E-state index in [4.69, 9.17) is 0 Å². The van der Waals surface area contributed by atoms with Gasteiger partial charge in [-0.15, -0.1) is 12.4 Å². The molecule has 0 atom stereocenters. The molecule has 0 unspecified atom stereocenters. The fraction of sp³-hybridized carbons (Fsp3) is 0.588. The van der Waals surface area contributed by atoms with E-state index in [0.29, 0.717) is 0 Å². The molecule has 1 heterocycles. The summed E-state index contributed by atoms with van der Waals surface area (Å²) < 4.78 is 0. The fourth-order valence-electron chi connectivity index (χ4n) is 2.56. The summed E-state index contributed by atoms with van der Waals surface area (Å²) >= 11 is 0. The SMILES string of the molecule is CC(C)(C)c1ccc(C(=O)NCCN2CCCC2)cc1.Cl. The van der Waals surface area contributed by atoms with Crippen molar-refractivity contribution in [2.24, 2.45) is 0 Å². The van der Waals surface area contributed by atoms with Crippen LogP contribution >= 0.6 is 12.4 Å². The van der Waals surface area contributed by atoms with E-state index < -0.39 is 0 Å². The first-order valence-corrected chi connectivity index (χ1v) is 7.58. The molecule has 1 aliphatic heterocycles. The average molecular weight is 311 g/mol. The summed E-state index contributed by atoms with van der Waals surface area (Å²) in [6.07, 6.45) is 2.59. The Labute approximate surface area is 134 Å². The van der Waals surface area contributed by atoms with Crippen LogP contribution in [0.5, 0.6) is 0 Å². The standard InChI is InChI=1S/C17H26N2O.ClH/c1-17(2,3)15-8-6-14(7-9-15)16(20)18-10-13-19-11-4-5-12-19;/h6-9H,4-5,10-13H2,1-3H3,(H,18,20);1H. The van der Waals surface area contributed by atoms with Gasteiger partial charge in [0.05, 0.1) is 0 Å². The minimum Gasteiger partial charge on any atom is -0.351 e. The smallest absolute Gasteiger partial charge is 0.251 e. The van der Waals surface area contributed by atoms with Crippen molar-refractivity contribution in [1.29, 1.82) is 0 Å². The third-order valence-corrected chi connectivity index (χ3v) is 3.93. The molecule has 0 bridgehead atoms. The first-order valence-electron chi connectivity index (χ1n) is 7.58. The van der Waals surface area contributed by atoms with Crippen LogP contribution in [0.1, 0.15) is 49.5 Å². The Hall–Kier alpha value is -1.06. The number of halogens is 1. The van der Waals surface area contributed by atoms with Crippen LogP contribution in [0.2, 0.25) is 0 Å². The summed E-state index contributed by atoms with van der Waals surface area (Å²) in [7, 11) is 0. The van der Waals surface area contributed by atoms with Crippen LogP contribution in [0.25, 0.3) is 0 Å². The van der Waals surface area contributed by atoms with E-state index >= 15 is 0 Å². The Morgan fingerprint density at radius 2 is 1.71 bits per heavy atom. The highest BCUT2D eigenvalue weighted by Gasteiger charge is 2.15. The molecule has 1 aromatic rings. The van der Waals surface area contributed by atoms with Crippen molar-refractivity contribution >= 4 is 18.3 Å². The van der Waals surface area contributed by atoms with Crippen molar-refractivity contribution in [2.75, 3.05) is 26.2 Å². The van der Waals surface area contributed by atoms with Gasteiger partial charge < -0.3 is 10.2 Å². The van der Waals surface area contributed by atoms with E-state index in [1.54, 1.807) is 0 Å². The summed E-state index contributed by atoms with van der Waals surface area (Å²) in [6, 6.07) is 7.95. The molecule has 1 fully saturated rings. The number of likely N-dealkylation sites (tertiary alicyclic amines) is 1. The van der Waals surface area contributed by atoms with Gasteiger partial charge in [-0.25, -0.2) is 0 Å². The molecule has 0 saturated carbocycles. The lowest BCUT2D eigenvalue weighted by molar-refractivity contribution is 0.0949. The Morgan fingerprint density at radius 1 is 1.14 bits per heavy atom. The molecule has 21 heavy (non-hydrogen) atoms. The Kier molecular flexibility index (Phi) is 6.69. The highest BCUT2D eigenvalue weighted by molar-refractivity contribution is 5.94. The quantitative estimate of drug-likeness (QED) is 0.926. The van der Waals surface area contributed by atoms with Crippen LogP contribution in [0, 0.1) is 0 Å². The molecule has 1 aliphatic rings. The normalized spacial score (nSPS) is 15.6. The number of rotatable bonds is 4. The van der Waals surface area contributed by atoms with Crippen LogP contribution in [0.3, 0.4) is 0 Å². The van der Waals surface area contributed by atoms with Gasteiger partial charge in [0, 0.05) is 18.7 Å². The van der Waals surface area contributed by atoms with Crippen LogP contribution in [-0.2, 0) is 5.41 Å². The fourth-order valence-corrected chi connectivity index (χ4v) is 2.56. The zero-order valence-electron chi connectivity index (χ0n) is 13.3. The first kappa shape index (κ1) is 18.0. The highest BCUT2D eigenvalue weighted by Crippen LogP contribution is 2.22. The molecule has 1 N–H and O–H groups in total. The lowest BCUT2D eigenvalue weighted by Crippen LogP contribution is -2.33. The van der Waals surface area contributed by atoms with Crippen LogP contribution in [-0.4, -0.2) is 37.0 Å². The maximum Gasteiger partial charge on any atom is 0.251 e. The van der Waals surface area contributed by atoms with Crippen LogP contribution in [0.4, 0.5) is 0 Å². The summed E-state index contributed by atoms with van der Waals surface area (Å²) in [5.41, 5.74) is 2.13. The lowest BCUT2D eigenvalue weighted by atomic mass is 9.87. The predicted molar refractivity (Wildman–Crippen MR) is 90.4 cm³/mol. The molecular weight excluding hydrogens is 284 g/mol. The van der Waals surface area contributed by atoms with E-state index in [1.165, 1.54) is 31.5 Å². The molecule has 2 rings (SSSR count). The van der Waals surface area contributed by atoms with Crippen molar-refractivity contribution < 1.29 is 4.79 Å². The predicted octanol–water partition coefficient (Wildman–Crippen LogP) is 3.23. The molecule has 1 amide bonds. The minimum atomic E-state index is 0. The maximum absolute atomic E-state index is 12.0. The largest absolute Gasteiger partial charge is 0.351 e. The van der Waals surface area contributed by atoms with Gasteiger partial charge in [0.2, 0.25) is 0 Å². The topological polar surface area (TPSA) is 32.3 Å². The number of carbonyl (C=O) groups excluding carboxylic acids is 1. The van der Waals surface area contributed by atoms with E-state index in [9.17, 15) is 4.79 Å². The zero-order chi connectivity index (χ0) is 14.6. The van der Waals surface area contributed by atoms with Gasteiger partial charge in [-0.05, 0) is 49.0 Å². The Balaban J connectivity index is 0.00000220. The molecule has 0 radical (unpaired) electrons. The average Bonchev–Trinajstić information content (AvgIpc) is 2.91. The van der Waals surface area contributed by atoms with Gasteiger partial charge in [-0.3, -0.25) is 4.79 Å². The van der Waals surface area contributed by atoms with Gasteiger partial charge in [0.15, 0.2) is 0 Å². The maximum atomic E-state index is 12.0. The molecule has 4 heteroatoms. The van der Waals surface area contributed by atoms with Crippen molar-refractivity contribution in [3.05, 3.63) is 35.4 Å². The van der Waals surface area contributed by atoms with Crippen molar-refractivity contribution in [3.8, 4) is 0 Å². The number of hydrogen-bond acceptors (Lipinski definition) is 2. The first-order chi connectivity index (χ1) is 9.47. The number of nitrogens with one attached hydrogen (secondary N) is 1. The summed E-state index contributed by atoms with van der Waals surface area (Å²) in [6.45, 7) is 10.6. The third-order valence-electron chi connectivity index (χ3n) is 3.93. The molecule has 1 saturated heterocycles. The van der Waals surface area contributed by atoms with Crippen LogP contribution < -0.4 is 5.32 Å². The van der Waals surface area contributed by atoms with Gasteiger partial charge in [-0.2, -0.15) is 0 Å². The lowest BCUT2D eigenvalue weighted by Gasteiger charge is -2.19. The number of amides is 1. The molecule has 118 valence electrons. The van der Waals surface area contributed by atoms with Gasteiger partial charge >= 0.3 is 0 Å². The van der Waals surface area contributed by atoms with Gasteiger partial charge in [0.1, 0.15) is 0 Å².